The first kappa shape index (κ1) is 21.0. The summed E-state index contributed by atoms with van der Waals surface area (Å²) in [4.78, 5) is 29.4. The molecule has 0 bridgehead atoms. The van der Waals surface area contributed by atoms with Gasteiger partial charge in [0, 0.05) is 16.0 Å². The molecular weight excluding hydrogens is 434 g/mol. The number of methoxy groups -OCH3 is 2. The van der Waals surface area contributed by atoms with Crippen LogP contribution in [-0.2, 0) is 9.59 Å². The minimum absolute atomic E-state index is 0.327. The van der Waals surface area contributed by atoms with E-state index in [1.807, 2.05) is 30.3 Å². The summed E-state index contributed by atoms with van der Waals surface area (Å²) in [5.74, 6) is 0.0911. The van der Waals surface area contributed by atoms with Gasteiger partial charge in [-0.1, -0.05) is 53.7 Å². The zero-order chi connectivity index (χ0) is 22.0. The van der Waals surface area contributed by atoms with E-state index in [0.717, 1.165) is 9.80 Å². The summed E-state index contributed by atoms with van der Waals surface area (Å²) in [6.07, 6.45) is 0. The number of ether oxygens (including phenoxy) is 2. The van der Waals surface area contributed by atoms with E-state index in [1.54, 1.807) is 42.5 Å². The third-order valence-electron chi connectivity index (χ3n) is 4.77. The minimum atomic E-state index is -0.422. The quantitative estimate of drug-likeness (QED) is 0.467. The Morgan fingerprint density at radius 2 is 1.55 bits per heavy atom. The largest absolute Gasteiger partial charge is 0.497 e. The summed E-state index contributed by atoms with van der Waals surface area (Å²) < 4.78 is 10.7. The number of anilines is 1. The maximum atomic E-state index is 13.5. The summed E-state index contributed by atoms with van der Waals surface area (Å²) in [6, 6.07) is 21.3. The fourth-order valence-electron chi connectivity index (χ4n) is 3.27. The molecule has 1 aliphatic heterocycles. The van der Waals surface area contributed by atoms with Crippen LogP contribution in [0.5, 0.6) is 11.5 Å². The third-order valence-corrected chi connectivity index (χ3v) is 6.11. The summed E-state index contributed by atoms with van der Waals surface area (Å²) >= 11 is 7.29. The van der Waals surface area contributed by atoms with Crippen molar-refractivity contribution in [3.05, 3.63) is 88.3 Å². The van der Waals surface area contributed by atoms with Crippen LogP contribution < -0.4 is 14.4 Å². The summed E-state index contributed by atoms with van der Waals surface area (Å²) in [5.41, 5.74) is 1.30. The second-order valence-corrected chi connectivity index (χ2v) is 8.13. The predicted molar refractivity (Wildman–Crippen MR) is 123 cm³/mol. The molecule has 0 saturated heterocycles. The highest BCUT2D eigenvalue weighted by Crippen LogP contribution is 2.44. The van der Waals surface area contributed by atoms with Crippen LogP contribution in [-0.4, -0.2) is 26.0 Å². The molecule has 0 radical (unpaired) electrons. The molecule has 7 heteroatoms. The second-order valence-electron chi connectivity index (χ2n) is 6.61. The van der Waals surface area contributed by atoms with Crippen molar-refractivity contribution in [3.63, 3.8) is 0 Å². The molecule has 3 aromatic carbocycles. The van der Waals surface area contributed by atoms with Gasteiger partial charge in [0.15, 0.2) is 0 Å². The smallest absolute Gasteiger partial charge is 0.273 e. The van der Waals surface area contributed by atoms with Crippen LogP contribution in [0.2, 0.25) is 5.02 Å². The van der Waals surface area contributed by atoms with Gasteiger partial charge in [0.1, 0.15) is 11.5 Å². The van der Waals surface area contributed by atoms with Crippen LogP contribution in [0, 0.1) is 0 Å². The van der Waals surface area contributed by atoms with Gasteiger partial charge in [-0.3, -0.25) is 9.59 Å². The Labute approximate surface area is 189 Å². The van der Waals surface area contributed by atoms with E-state index in [0.29, 0.717) is 38.3 Å². The average molecular weight is 452 g/mol. The van der Waals surface area contributed by atoms with E-state index in [2.05, 4.69) is 0 Å². The van der Waals surface area contributed by atoms with Crippen molar-refractivity contribution in [2.75, 3.05) is 19.1 Å². The van der Waals surface area contributed by atoms with Gasteiger partial charge in [-0.15, -0.1) is 0 Å². The van der Waals surface area contributed by atoms with Gasteiger partial charge in [0.05, 0.1) is 30.4 Å². The minimum Gasteiger partial charge on any atom is -0.497 e. The van der Waals surface area contributed by atoms with Gasteiger partial charge in [0.2, 0.25) is 0 Å². The molecule has 1 heterocycles. The lowest BCUT2D eigenvalue weighted by molar-refractivity contribution is -0.119. The van der Waals surface area contributed by atoms with Crippen molar-refractivity contribution in [1.29, 1.82) is 0 Å². The lowest BCUT2D eigenvalue weighted by Crippen LogP contribution is -2.31. The van der Waals surface area contributed by atoms with E-state index >= 15 is 0 Å². The van der Waals surface area contributed by atoms with E-state index in [1.165, 1.54) is 26.0 Å². The first-order valence-corrected chi connectivity index (χ1v) is 10.6. The maximum Gasteiger partial charge on any atom is 0.273 e. The molecule has 31 heavy (non-hydrogen) atoms. The summed E-state index contributed by atoms with van der Waals surface area (Å²) in [7, 11) is 3.02. The number of rotatable bonds is 6. The zero-order valence-corrected chi connectivity index (χ0v) is 18.4. The van der Waals surface area contributed by atoms with Crippen molar-refractivity contribution in [2.24, 2.45) is 0 Å². The van der Waals surface area contributed by atoms with Crippen molar-refractivity contribution in [1.82, 2.24) is 0 Å². The molecule has 0 fully saturated rings. The monoisotopic (exact) mass is 451 g/mol. The Bertz CT molecular complexity index is 1180. The van der Waals surface area contributed by atoms with E-state index in [4.69, 9.17) is 21.1 Å². The van der Waals surface area contributed by atoms with Crippen molar-refractivity contribution >= 4 is 46.4 Å². The highest BCUT2D eigenvalue weighted by atomic mass is 35.5. The van der Waals surface area contributed by atoms with Gasteiger partial charge >= 0.3 is 0 Å². The lowest BCUT2D eigenvalue weighted by atomic mass is 10.1. The molecule has 4 rings (SSSR count). The molecule has 0 unspecified atom stereocenters. The molecule has 0 spiro atoms. The normalized spacial score (nSPS) is 13.7. The molecule has 1 aliphatic rings. The zero-order valence-electron chi connectivity index (χ0n) is 16.8. The number of thioether (sulfide) groups is 1. The number of halogens is 1. The lowest BCUT2D eigenvalue weighted by Gasteiger charge is -2.19. The molecule has 0 aliphatic carbocycles. The van der Waals surface area contributed by atoms with Crippen LogP contribution in [0.3, 0.4) is 0 Å². The van der Waals surface area contributed by atoms with E-state index in [9.17, 15) is 9.59 Å². The Morgan fingerprint density at radius 3 is 2.19 bits per heavy atom. The molecule has 2 amide bonds. The number of carbonyl (C=O) groups excluding carboxylic acids is 2. The molecule has 0 aromatic heterocycles. The Morgan fingerprint density at radius 1 is 0.839 bits per heavy atom. The van der Waals surface area contributed by atoms with E-state index < -0.39 is 11.8 Å². The van der Waals surface area contributed by atoms with Crippen LogP contribution >= 0.6 is 23.4 Å². The predicted octanol–water partition coefficient (Wildman–Crippen LogP) is 5.43. The van der Waals surface area contributed by atoms with Crippen LogP contribution in [0.1, 0.15) is 5.56 Å². The average Bonchev–Trinajstić information content (AvgIpc) is 3.04. The Balaban J connectivity index is 1.83. The highest BCUT2D eigenvalue weighted by molar-refractivity contribution is 8.04. The molecule has 0 atom stereocenters. The number of hydrogen-bond acceptors (Lipinski definition) is 5. The molecule has 156 valence electrons. The van der Waals surface area contributed by atoms with Crippen molar-refractivity contribution in [3.8, 4) is 11.5 Å². The molecule has 3 aromatic rings. The van der Waals surface area contributed by atoms with Gasteiger partial charge in [-0.05, 0) is 42.0 Å². The number of nitrogens with zero attached hydrogens (tertiary/aromatic N) is 1. The van der Waals surface area contributed by atoms with Crippen molar-refractivity contribution in [2.45, 2.75) is 4.90 Å². The topological polar surface area (TPSA) is 55.8 Å². The molecule has 0 N–H and O–H groups in total. The fraction of sp³-hybridized carbons (Fsp3) is 0.0833. The first-order valence-electron chi connectivity index (χ1n) is 9.37. The summed E-state index contributed by atoms with van der Waals surface area (Å²) in [6.45, 7) is 0. The molecular formula is C24H18ClNO4S. The standard InChI is InChI=1S/C24H18ClNO4S/c1-29-17-12-13-19(20(14-17)30-2)26-23(27)21(15-8-10-16(25)11-9-15)22(24(26)28)31-18-6-4-3-5-7-18/h3-14H,1-2H3. The van der Waals surface area contributed by atoms with Crippen LogP contribution in [0.15, 0.2) is 82.6 Å². The Kier molecular flexibility index (Phi) is 6.02. The van der Waals surface area contributed by atoms with Gasteiger partial charge in [-0.2, -0.15) is 0 Å². The van der Waals surface area contributed by atoms with E-state index in [-0.39, 0.29) is 0 Å². The second kappa shape index (κ2) is 8.88. The fourth-order valence-corrected chi connectivity index (χ4v) is 4.41. The van der Waals surface area contributed by atoms with Gasteiger partial charge < -0.3 is 9.47 Å². The number of hydrogen-bond donors (Lipinski definition) is 0. The Hall–Kier alpha value is -3.22. The number of carbonyl (C=O) groups is 2. The third kappa shape index (κ3) is 4.04. The SMILES string of the molecule is COc1ccc(N2C(=O)C(Sc3ccccc3)=C(c3ccc(Cl)cc3)C2=O)c(OC)c1. The van der Waals surface area contributed by atoms with Gasteiger partial charge in [-0.25, -0.2) is 4.90 Å². The number of amides is 2. The van der Waals surface area contributed by atoms with Gasteiger partial charge in [0.25, 0.3) is 11.8 Å². The highest BCUT2D eigenvalue weighted by Gasteiger charge is 2.41. The van der Waals surface area contributed by atoms with Crippen LogP contribution in [0.25, 0.3) is 5.57 Å². The molecule has 5 nitrogen and oxygen atoms in total. The van der Waals surface area contributed by atoms with Crippen LogP contribution in [0.4, 0.5) is 5.69 Å². The molecule has 0 saturated carbocycles. The van der Waals surface area contributed by atoms with Crippen molar-refractivity contribution < 1.29 is 19.1 Å². The number of benzene rings is 3. The maximum absolute atomic E-state index is 13.5. The summed E-state index contributed by atoms with van der Waals surface area (Å²) in [5, 5.41) is 0.548. The number of imide groups is 1. The first-order chi connectivity index (χ1) is 15.0.